The first-order valence-electron chi connectivity index (χ1n) is 12.4. The molecular weight excluding hydrogens is 504 g/mol. The van der Waals surface area contributed by atoms with Crippen molar-refractivity contribution in [2.24, 2.45) is 5.73 Å². The molecule has 1 fully saturated rings. The van der Waals surface area contributed by atoms with Gasteiger partial charge in [-0.3, -0.25) is 9.00 Å². The van der Waals surface area contributed by atoms with E-state index >= 15 is 0 Å². The van der Waals surface area contributed by atoms with E-state index in [1.165, 1.54) is 16.9 Å². The summed E-state index contributed by atoms with van der Waals surface area (Å²) in [5.41, 5.74) is 10.3. The molecule has 0 spiro atoms. The van der Waals surface area contributed by atoms with Crippen molar-refractivity contribution in [1.82, 2.24) is 15.0 Å². The Bertz CT molecular complexity index is 1430. The van der Waals surface area contributed by atoms with Crippen molar-refractivity contribution in [3.63, 3.8) is 0 Å². The van der Waals surface area contributed by atoms with E-state index < -0.39 is 9.93 Å². The quantitative estimate of drug-likeness (QED) is 0.332. The van der Waals surface area contributed by atoms with Gasteiger partial charge in [0.25, 0.3) is 11.8 Å². The highest BCUT2D eigenvalue weighted by Crippen LogP contribution is 2.31. The van der Waals surface area contributed by atoms with Gasteiger partial charge < -0.3 is 15.2 Å². The molecule has 3 heterocycles. The molecule has 0 radical (unpaired) electrons. The number of benzene rings is 2. The molecule has 4 aromatic rings. The summed E-state index contributed by atoms with van der Waals surface area (Å²) in [6.45, 7) is 1.89. The van der Waals surface area contributed by atoms with Crippen LogP contribution in [0.5, 0.6) is 0 Å². The van der Waals surface area contributed by atoms with E-state index in [1.807, 2.05) is 46.7 Å². The number of thiol groups is 1. The maximum Gasteiger partial charge on any atom is 0.258 e. The molecule has 2 aromatic heterocycles. The highest BCUT2D eigenvalue weighted by molar-refractivity contribution is 8.01. The lowest BCUT2D eigenvalue weighted by Gasteiger charge is -2.32. The SMILES string of the molecule is C[SH](C)(=O)Cc1cc(C(=O)N2CCC(c3cccc(CN)c3)CC2)cc(-c2nc(-c3cccs3)no2)c1. The summed E-state index contributed by atoms with van der Waals surface area (Å²) in [6, 6.07) is 17.9. The van der Waals surface area contributed by atoms with Gasteiger partial charge in [-0.15, -0.1) is 21.3 Å². The fourth-order valence-electron chi connectivity index (χ4n) is 4.89. The summed E-state index contributed by atoms with van der Waals surface area (Å²) in [5.74, 6) is 1.64. The fraction of sp³-hybridized carbons (Fsp3) is 0.321. The van der Waals surface area contributed by atoms with Crippen molar-refractivity contribution in [3.05, 3.63) is 82.2 Å². The van der Waals surface area contributed by atoms with Crippen LogP contribution in [0.3, 0.4) is 0 Å². The van der Waals surface area contributed by atoms with Crippen LogP contribution in [0.1, 0.15) is 45.8 Å². The van der Waals surface area contributed by atoms with Crippen LogP contribution in [0.15, 0.2) is 64.5 Å². The second-order valence-electron chi connectivity index (χ2n) is 10.1. The number of amides is 1. The van der Waals surface area contributed by atoms with Crippen LogP contribution in [-0.2, 0) is 22.2 Å². The van der Waals surface area contributed by atoms with Gasteiger partial charge in [0.1, 0.15) is 0 Å². The van der Waals surface area contributed by atoms with Crippen LogP contribution in [0.25, 0.3) is 22.2 Å². The van der Waals surface area contributed by atoms with Crippen molar-refractivity contribution in [3.8, 4) is 22.2 Å². The van der Waals surface area contributed by atoms with Crippen LogP contribution in [0.2, 0.25) is 0 Å². The third-order valence-electron chi connectivity index (χ3n) is 6.66. The number of hydrogen-bond acceptors (Lipinski definition) is 7. The van der Waals surface area contributed by atoms with Gasteiger partial charge in [0.05, 0.1) is 4.88 Å². The molecule has 0 saturated carbocycles. The smallest absolute Gasteiger partial charge is 0.258 e. The van der Waals surface area contributed by atoms with Crippen LogP contribution < -0.4 is 5.73 Å². The number of rotatable bonds is 7. The monoisotopic (exact) mass is 536 g/mol. The van der Waals surface area contributed by atoms with E-state index in [9.17, 15) is 9.00 Å². The average Bonchev–Trinajstić information content (AvgIpc) is 3.60. The Hall–Kier alpha value is -3.14. The third-order valence-corrected chi connectivity index (χ3v) is 8.65. The highest BCUT2D eigenvalue weighted by Gasteiger charge is 2.26. The molecule has 0 atom stereocenters. The standard InChI is InChI=1S/C28H32N4O3S2/c1-37(2,34)18-20-14-23(27-30-26(31-35-27)25-7-4-12-36-25)16-24(15-20)28(33)32-10-8-21(9-11-32)22-6-3-5-19(13-22)17-29/h3-7,12-16,21,37H,8-11,17-18,29H2,1-2H3. The largest absolute Gasteiger partial charge is 0.339 e. The fourth-order valence-corrected chi connectivity index (χ4v) is 6.60. The van der Waals surface area contributed by atoms with Gasteiger partial charge in [0, 0.05) is 36.5 Å². The van der Waals surface area contributed by atoms with Gasteiger partial charge in [-0.05, 0) is 77.6 Å². The normalized spacial score (nSPS) is 15.2. The Morgan fingerprint density at radius 3 is 2.62 bits per heavy atom. The van der Waals surface area contributed by atoms with Gasteiger partial charge in [0.2, 0.25) is 5.82 Å². The molecule has 9 heteroatoms. The Labute approximate surface area is 222 Å². The zero-order chi connectivity index (χ0) is 26.0. The maximum absolute atomic E-state index is 13.6. The van der Waals surface area contributed by atoms with E-state index in [2.05, 4.69) is 28.3 Å². The average molecular weight is 537 g/mol. The number of piperidine rings is 1. The topological polar surface area (TPSA) is 102 Å². The van der Waals surface area contributed by atoms with Crippen LogP contribution in [0.4, 0.5) is 0 Å². The molecule has 2 aromatic carbocycles. The molecule has 1 aliphatic heterocycles. The first-order valence-corrected chi connectivity index (χ1v) is 16.1. The second-order valence-corrected chi connectivity index (χ2v) is 14.5. The Morgan fingerprint density at radius 2 is 1.92 bits per heavy atom. The zero-order valence-electron chi connectivity index (χ0n) is 21.1. The van der Waals surface area contributed by atoms with E-state index in [-0.39, 0.29) is 5.91 Å². The number of carbonyl (C=O) groups is 1. The number of hydrogen-bond donors (Lipinski definition) is 2. The molecule has 0 unspecified atom stereocenters. The number of likely N-dealkylation sites (tertiary alicyclic amines) is 1. The zero-order valence-corrected chi connectivity index (χ0v) is 22.8. The lowest BCUT2D eigenvalue weighted by molar-refractivity contribution is 0.0713. The van der Waals surface area contributed by atoms with E-state index in [0.717, 1.165) is 28.8 Å². The summed E-state index contributed by atoms with van der Waals surface area (Å²) in [6.07, 6.45) is 5.32. The van der Waals surface area contributed by atoms with Gasteiger partial charge in [-0.2, -0.15) is 4.98 Å². The van der Waals surface area contributed by atoms with Gasteiger partial charge in [0.15, 0.2) is 0 Å². The molecule has 7 nitrogen and oxygen atoms in total. The van der Waals surface area contributed by atoms with Crippen molar-refractivity contribution in [2.45, 2.75) is 31.1 Å². The molecule has 37 heavy (non-hydrogen) atoms. The molecule has 1 amide bonds. The minimum Gasteiger partial charge on any atom is -0.339 e. The van der Waals surface area contributed by atoms with Crippen LogP contribution in [0, 0.1) is 0 Å². The minimum absolute atomic E-state index is 0.0303. The Kier molecular flexibility index (Phi) is 7.37. The van der Waals surface area contributed by atoms with Gasteiger partial charge in [-0.1, -0.05) is 35.5 Å². The van der Waals surface area contributed by atoms with Crippen LogP contribution >= 0.6 is 11.3 Å². The van der Waals surface area contributed by atoms with Gasteiger partial charge in [-0.25, -0.2) is 0 Å². The number of carbonyl (C=O) groups excluding carboxylic acids is 1. The number of nitrogens with two attached hydrogens (primary N) is 1. The molecular formula is C28H32N4O3S2. The molecule has 194 valence electrons. The second kappa shape index (κ2) is 10.7. The van der Waals surface area contributed by atoms with E-state index in [4.69, 9.17) is 10.3 Å². The van der Waals surface area contributed by atoms with Crippen molar-refractivity contribution < 1.29 is 13.5 Å². The maximum atomic E-state index is 13.6. The van der Waals surface area contributed by atoms with Gasteiger partial charge >= 0.3 is 0 Å². The first kappa shape index (κ1) is 25.5. The molecule has 5 rings (SSSR count). The summed E-state index contributed by atoms with van der Waals surface area (Å²) in [4.78, 5) is 21.0. The molecule has 1 saturated heterocycles. The van der Waals surface area contributed by atoms with Crippen molar-refractivity contribution in [2.75, 3.05) is 25.6 Å². The molecule has 1 aliphatic rings. The van der Waals surface area contributed by atoms with Crippen molar-refractivity contribution >= 4 is 27.2 Å². The highest BCUT2D eigenvalue weighted by atomic mass is 32.2. The number of nitrogens with zero attached hydrogens (tertiary/aromatic N) is 3. The molecule has 2 N–H and O–H groups in total. The first-order chi connectivity index (χ1) is 17.8. The number of thiophene rings is 1. The summed E-state index contributed by atoms with van der Waals surface area (Å²) >= 11 is 1.53. The Balaban J connectivity index is 1.38. The molecule has 0 bridgehead atoms. The van der Waals surface area contributed by atoms with E-state index in [1.54, 1.807) is 12.5 Å². The van der Waals surface area contributed by atoms with Crippen molar-refractivity contribution in [1.29, 1.82) is 0 Å². The lowest BCUT2D eigenvalue weighted by atomic mass is 9.88. The van der Waals surface area contributed by atoms with E-state index in [0.29, 0.717) is 54.1 Å². The summed E-state index contributed by atoms with van der Waals surface area (Å²) in [7, 11) is -2.36. The van der Waals surface area contributed by atoms with Crippen LogP contribution in [-0.4, -0.2) is 50.8 Å². The predicted octanol–water partition coefficient (Wildman–Crippen LogP) is 4.72. The summed E-state index contributed by atoms with van der Waals surface area (Å²) in [5, 5.41) is 6.08. The number of aromatic nitrogens is 2. The Morgan fingerprint density at radius 1 is 1.11 bits per heavy atom. The minimum atomic E-state index is -2.36. The third kappa shape index (κ3) is 6.06. The molecule has 0 aliphatic carbocycles. The predicted molar refractivity (Wildman–Crippen MR) is 150 cm³/mol. The summed E-state index contributed by atoms with van der Waals surface area (Å²) < 4.78 is 18.2. The lowest BCUT2D eigenvalue weighted by Crippen LogP contribution is -2.38.